The second-order valence-corrected chi connectivity index (χ2v) is 4.72. The lowest BCUT2D eigenvalue weighted by Gasteiger charge is -2.19. The first-order chi connectivity index (χ1) is 6.57. The quantitative estimate of drug-likeness (QED) is 0.610. The topological polar surface area (TPSA) is 21.3 Å². The normalized spacial score (nSPS) is 13.9. The Balaban J connectivity index is 3.33. The molecule has 2 heteroatoms. The first kappa shape index (κ1) is 13.9. The molecule has 1 unspecified atom stereocenters. The van der Waals surface area contributed by atoms with E-state index in [0.717, 1.165) is 25.6 Å². The van der Waals surface area contributed by atoms with Gasteiger partial charge in [-0.2, -0.15) is 0 Å². The van der Waals surface area contributed by atoms with E-state index < -0.39 is 0 Å². The molecule has 0 radical (unpaired) electrons. The Bertz CT molecular complexity index is 123. The van der Waals surface area contributed by atoms with Crippen LogP contribution in [0.4, 0.5) is 0 Å². The zero-order chi connectivity index (χ0) is 11.0. The largest absolute Gasteiger partial charge is 0.381 e. The van der Waals surface area contributed by atoms with Crippen molar-refractivity contribution in [2.24, 2.45) is 11.8 Å². The summed E-state index contributed by atoms with van der Waals surface area (Å²) in [6.45, 7) is 10.7. The molecular weight excluding hydrogens is 174 g/mol. The summed E-state index contributed by atoms with van der Waals surface area (Å²) in [4.78, 5) is 0. The standard InChI is InChI=1S/C12H27NO/c1-10(2)6-8-14-9-7-12(13-5)11(3)4/h10-13H,6-9H2,1-5H3. The molecule has 1 atom stereocenters. The van der Waals surface area contributed by atoms with Gasteiger partial charge in [0.25, 0.3) is 0 Å². The molecule has 0 saturated heterocycles. The van der Waals surface area contributed by atoms with Crippen molar-refractivity contribution >= 4 is 0 Å². The summed E-state index contributed by atoms with van der Waals surface area (Å²) < 4.78 is 5.59. The molecule has 86 valence electrons. The fourth-order valence-corrected chi connectivity index (χ4v) is 1.44. The third kappa shape index (κ3) is 7.34. The van der Waals surface area contributed by atoms with Crippen LogP contribution < -0.4 is 5.32 Å². The molecule has 1 N–H and O–H groups in total. The Labute approximate surface area is 89.4 Å². The van der Waals surface area contributed by atoms with E-state index >= 15 is 0 Å². The number of hydrogen-bond acceptors (Lipinski definition) is 2. The first-order valence-corrected chi connectivity index (χ1v) is 5.83. The molecule has 0 aliphatic heterocycles. The van der Waals surface area contributed by atoms with Gasteiger partial charge in [-0.1, -0.05) is 27.7 Å². The van der Waals surface area contributed by atoms with Crippen LogP contribution >= 0.6 is 0 Å². The number of ether oxygens (including phenoxy) is 1. The van der Waals surface area contributed by atoms with E-state index in [1.54, 1.807) is 0 Å². The minimum atomic E-state index is 0.592. The molecule has 2 nitrogen and oxygen atoms in total. The average Bonchev–Trinajstić information content (AvgIpc) is 2.10. The van der Waals surface area contributed by atoms with Crippen LogP contribution in [-0.2, 0) is 4.74 Å². The molecule has 0 fully saturated rings. The lowest BCUT2D eigenvalue weighted by atomic mass is 10.0. The van der Waals surface area contributed by atoms with Crippen molar-refractivity contribution in [2.75, 3.05) is 20.3 Å². The summed E-state index contributed by atoms with van der Waals surface area (Å²) in [5.41, 5.74) is 0. The Morgan fingerprint density at radius 1 is 1.00 bits per heavy atom. The van der Waals surface area contributed by atoms with E-state index in [2.05, 4.69) is 33.0 Å². The van der Waals surface area contributed by atoms with Gasteiger partial charge in [-0.05, 0) is 31.7 Å². The van der Waals surface area contributed by atoms with Gasteiger partial charge in [0.1, 0.15) is 0 Å². The van der Waals surface area contributed by atoms with Crippen molar-refractivity contribution in [3.63, 3.8) is 0 Å². The Kier molecular flexibility index (Phi) is 8.20. The number of rotatable bonds is 8. The molecule has 0 amide bonds. The Morgan fingerprint density at radius 3 is 2.00 bits per heavy atom. The van der Waals surface area contributed by atoms with E-state index in [0.29, 0.717) is 12.0 Å². The van der Waals surface area contributed by atoms with E-state index in [-0.39, 0.29) is 0 Å². The van der Waals surface area contributed by atoms with Gasteiger partial charge < -0.3 is 10.1 Å². The molecule has 0 rings (SSSR count). The molecular formula is C12H27NO. The Hall–Kier alpha value is -0.0800. The van der Waals surface area contributed by atoms with Crippen molar-refractivity contribution in [1.82, 2.24) is 5.32 Å². The maximum Gasteiger partial charge on any atom is 0.0480 e. The molecule has 0 spiro atoms. The van der Waals surface area contributed by atoms with Crippen molar-refractivity contribution in [1.29, 1.82) is 0 Å². The summed E-state index contributed by atoms with van der Waals surface area (Å²) in [6.07, 6.45) is 2.29. The molecule has 0 saturated carbocycles. The van der Waals surface area contributed by atoms with Crippen molar-refractivity contribution in [3.8, 4) is 0 Å². The van der Waals surface area contributed by atoms with E-state index in [1.807, 2.05) is 7.05 Å². The molecule has 0 aliphatic rings. The fourth-order valence-electron chi connectivity index (χ4n) is 1.44. The van der Waals surface area contributed by atoms with E-state index in [4.69, 9.17) is 4.74 Å². The summed E-state index contributed by atoms with van der Waals surface area (Å²) in [5, 5.41) is 3.32. The van der Waals surface area contributed by atoms with Gasteiger partial charge in [0.05, 0.1) is 0 Å². The minimum absolute atomic E-state index is 0.592. The smallest absolute Gasteiger partial charge is 0.0480 e. The van der Waals surface area contributed by atoms with Crippen LogP contribution in [0, 0.1) is 11.8 Å². The van der Waals surface area contributed by atoms with Crippen LogP contribution in [0.1, 0.15) is 40.5 Å². The molecule has 0 aromatic carbocycles. The molecule has 14 heavy (non-hydrogen) atoms. The SMILES string of the molecule is CNC(CCOCCC(C)C)C(C)C. The maximum atomic E-state index is 5.59. The molecule has 0 heterocycles. The van der Waals surface area contributed by atoms with Crippen LogP contribution in [0.25, 0.3) is 0 Å². The molecule has 0 bridgehead atoms. The zero-order valence-corrected chi connectivity index (χ0v) is 10.5. The van der Waals surface area contributed by atoms with Crippen LogP contribution in [0.3, 0.4) is 0 Å². The van der Waals surface area contributed by atoms with Gasteiger partial charge in [-0.25, -0.2) is 0 Å². The highest BCUT2D eigenvalue weighted by Crippen LogP contribution is 2.06. The van der Waals surface area contributed by atoms with Gasteiger partial charge >= 0.3 is 0 Å². The van der Waals surface area contributed by atoms with Gasteiger partial charge in [0.15, 0.2) is 0 Å². The Morgan fingerprint density at radius 2 is 1.57 bits per heavy atom. The van der Waals surface area contributed by atoms with Crippen molar-refractivity contribution in [2.45, 2.75) is 46.6 Å². The van der Waals surface area contributed by atoms with Gasteiger partial charge in [-0.15, -0.1) is 0 Å². The highest BCUT2D eigenvalue weighted by atomic mass is 16.5. The highest BCUT2D eigenvalue weighted by Gasteiger charge is 2.09. The highest BCUT2D eigenvalue weighted by molar-refractivity contribution is 4.67. The van der Waals surface area contributed by atoms with Crippen molar-refractivity contribution in [3.05, 3.63) is 0 Å². The van der Waals surface area contributed by atoms with Crippen molar-refractivity contribution < 1.29 is 4.74 Å². The van der Waals surface area contributed by atoms with Crippen LogP contribution in [0.2, 0.25) is 0 Å². The predicted octanol–water partition coefficient (Wildman–Crippen LogP) is 2.68. The van der Waals surface area contributed by atoms with Crippen LogP contribution in [0.5, 0.6) is 0 Å². The summed E-state index contributed by atoms with van der Waals surface area (Å²) in [6, 6.07) is 0.592. The van der Waals surface area contributed by atoms with Gasteiger partial charge in [0, 0.05) is 19.3 Å². The summed E-state index contributed by atoms with van der Waals surface area (Å²) >= 11 is 0. The van der Waals surface area contributed by atoms with Gasteiger partial charge in [-0.3, -0.25) is 0 Å². The second-order valence-electron chi connectivity index (χ2n) is 4.72. The van der Waals surface area contributed by atoms with E-state index in [9.17, 15) is 0 Å². The third-order valence-electron chi connectivity index (χ3n) is 2.59. The summed E-state index contributed by atoms with van der Waals surface area (Å²) in [7, 11) is 2.03. The first-order valence-electron chi connectivity index (χ1n) is 5.83. The predicted molar refractivity (Wildman–Crippen MR) is 62.6 cm³/mol. The molecule has 0 aromatic rings. The third-order valence-corrected chi connectivity index (χ3v) is 2.59. The number of nitrogens with one attached hydrogen (secondary N) is 1. The van der Waals surface area contributed by atoms with Crippen LogP contribution in [-0.4, -0.2) is 26.3 Å². The second kappa shape index (κ2) is 8.25. The lowest BCUT2D eigenvalue weighted by molar-refractivity contribution is 0.111. The zero-order valence-electron chi connectivity index (χ0n) is 10.5. The van der Waals surface area contributed by atoms with Crippen LogP contribution in [0.15, 0.2) is 0 Å². The average molecular weight is 201 g/mol. The monoisotopic (exact) mass is 201 g/mol. The minimum Gasteiger partial charge on any atom is -0.381 e. The summed E-state index contributed by atoms with van der Waals surface area (Å²) in [5.74, 6) is 1.44. The fraction of sp³-hybridized carbons (Fsp3) is 1.00. The lowest BCUT2D eigenvalue weighted by Crippen LogP contribution is -2.31. The molecule has 0 aliphatic carbocycles. The molecule has 0 aromatic heterocycles. The maximum absolute atomic E-state index is 5.59. The van der Waals surface area contributed by atoms with Gasteiger partial charge in [0.2, 0.25) is 0 Å². The number of hydrogen-bond donors (Lipinski definition) is 1. The van der Waals surface area contributed by atoms with E-state index in [1.165, 1.54) is 6.42 Å².